The first kappa shape index (κ1) is 12.6. The number of hydrogen-bond acceptors (Lipinski definition) is 4. The number of rotatable bonds is 4. The van der Waals surface area contributed by atoms with E-state index >= 15 is 0 Å². The molecule has 1 heterocycles. The molecule has 3 N–H and O–H groups in total. The number of carbonyl (C=O) groups excluding carboxylic acids is 1. The quantitative estimate of drug-likeness (QED) is 0.827. The molecule has 0 fully saturated rings. The molecule has 0 aliphatic carbocycles. The van der Waals surface area contributed by atoms with E-state index in [9.17, 15) is 4.79 Å². The van der Waals surface area contributed by atoms with Gasteiger partial charge < -0.3 is 11.1 Å². The molecule has 1 aromatic heterocycles. The van der Waals surface area contributed by atoms with Gasteiger partial charge in [-0.1, -0.05) is 0 Å². The molecule has 94 valence electrons. The second-order valence-electron chi connectivity index (χ2n) is 4.01. The highest BCUT2D eigenvalue weighted by molar-refractivity contribution is 7.09. The van der Waals surface area contributed by atoms with E-state index in [1.54, 1.807) is 35.7 Å². The Bertz CT molecular complexity index is 537. The number of hydrogen-bond donors (Lipinski definition) is 2. The van der Waals surface area contributed by atoms with Crippen molar-refractivity contribution in [2.24, 2.45) is 0 Å². The maximum absolute atomic E-state index is 11.9. The van der Waals surface area contributed by atoms with Crippen molar-refractivity contribution in [3.8, 4) is 0 Å². The third-order valence-electron chi connectivity index (χ3n) is 2.60. The van der Waals surface area contributed by atoms with Crippen LogP contribution in [0.25, 0.3) is 0 Å². The third-order valence-corrected chi connectivity index (χ3v) is 3.44. The molecule has 0 unspecified atom stereocenters. The summed E-state index contributed by atoms with van der Waals surface area (Å²) in [6.07, 6.45) is 2.53. The smallest absolute Gasteiger partial charge is 0.251 e. The molecular weight excluding hydrogens is 246 g/mol. The Balaban J connectivity index is 1.91. The van der Waals surface area contributed by atoms with Crippen molar-refractivity contribution < 1.29 is 4.79 Å². The number of nitrogens with one attached hydrogen (secondary N) is 1. The lowest BCUT2D eigenvalue weighted by Crippen LogP contribution is -2.26. The van der Waals surface area contributed by atoms with Gasteiger partial charge in [0.25, 0.3) is 5.91 Å². The van der Waals surface area contributed by atoms with Gasteiger partial charge in [-0.25, -0.2) is 4.98 Å². The highest BCUT2D eigenvalue weighted by Crippen LogP contribution is 2.12. The van der Waals surface area contributed by atoms with Crippen molar-refractivity contribution in [2.75, 3.05) is 12.3 Å². The summed E-state index contributed by atoms with van der Waals surface area (Å²) in [5.74, 6) is -0.0657. The predicted molar refractivity (Wildman–Crippen MR) is 73.7 cm³/mol. The number of thiazole rings is 1. The molecule has 4 nitrogen and oxygen atoms in total. The first-order valence-electron chi connectivity index (χ1n) is 5.69. The minimum Gasteiger partial charge on any atom is -0.399 e. The van der Waals surface area contributed by atoms with Crippen LogP contribution < -0.4 is 11.1 Å². The number of anilines is 1. The molecule has 0 saturated carbocycles. The monoisotopic (exact) mass is 261 g/mol. The molecule has 0 saturated heterocycles. The summed E-state index contributed by atoms with van der Waals surface area (Å²) < 4.78 is 0. The zero-order valence-electron chi connectivity index (χ0n) is 10.1. The van der Waals surface area contributed by atoms with E-state index in [2.05, 4.69) is 10.3 Å². The molecule has 1 amide bonds. The van der Waals surface area contributed by atoms with E-state index in [1.165, 1.54) is 0 Å². The van der Waals surface area contributed by atoms with Crippen molar-refractivity contribution in [1.82, 2.24) is 10.3 Å². The Hall–Kier alpha value is -1.88. The number of aryl methyl sites for hydroxylation is 1. The molecule has 0 aliphatic rings. The molecule has 0 bridgehead atoms. The largest absolute Gasteiger partial charge is 0.399 e. The summed E-state index contributed by atoms with van der Waals surface area (Å²) in [6.45, 7) is 2.47. The summed E-state index contributed by atoms with van der Waals surface area (Å²) in [5, 5.41) is 5.85. The van der Waals surface area contributed by atoms with Gasteiger partial charge in [-0.05, 0) is 30.7 Å². The summed E-state index contributed by atoms with van der Waals surface area (Å²) >= 11 is 1.60. The van der Waals surface area contributed by atoms with Gasteiger partial charge in [0, 0.05) is 35.8 Å². The van der Waals surface area contributed by atoms with Gasteiger partial charge in [0.05, 0.1) is 5.01 Å². The molecule has 0 atom stereocenters. The normalized spacial score (nSPS) is 10.3. The van der Waals surface area contributed by atoms with E-state index in [-0.39, 0.29) is 5.91 Å². The lowest BCUT2D eigenvalue weighted by molar-refractivity contribution is 0.0953. The van der Waals surface area contributed by atoms with Crippen molar-refractivity contribution in [3.05, 3.63) is 45.9 Å². The predicted octanol–water partition coefficient (Wildman–Crippen LogP) is 2.01. The summed E-state index contributed by atoms with van der Waals surface area (Å²) in [4.78, 5) is 16.1. The topological polar surface area (TPSA) is 68.0 Å². The molecule has 1 aromatic carbocycles. The van der Waals surface area contributed by atoms with Gasteiger partial charge in [0.1, 0.15) is 0 Å². The summed E-state index contributed by atoms with van der Waals surface area (Å²) in [5.41, 5.74) is 7.89. The van der Waals surface area contributed by atoms with Crippen LogP contribution >= 0.6 is 11.3 Å². The number of nitrogen functional groups attached to an aromatic ring is 1. The van der Waals surface area contributed by atoms with Crippen LogP contribution in [0.3, 0.4) is 0 Å². The van der Waals surface area contributed by atoms with Gasteiger partial charge in [0.2, 0.25) is 0 Å². The van der Waals surface area contributed by atoms with Gasteiger partial charge in [-0.2, -0.15) is 0 Å². The Morgan fingerprint density at radius 1 is 1.50 bits per heavy atom. The highest BCUT2D eigenvalue weighted by atomic mass is 32.1. The first-order valence-corrected chi connectivity index (χ1v) is 6.57. The van der Waals surface area contributed by atoms with Crippen LogP contribution in [0.2, 0.25) is 0 Å². The number of nitrogens with two attached hydrogens (primary N) is 1. The fraction of sp³-hybridized carbons (Fsp3) is 0.231. The van der Waals surface area contributed by atoms with Crippen molar-refractivity contribution in [1.29, 1.82) is 0 Å². The zero-order chi connectivity index (χ0) is 13.0. The van der Waals surface area contributed by atoms with Crippen LogP contribution in [0.5, 0.6) is 0 Å². The summed E-state index contributed by atoms with van der Waals surface area (Å²) in [7, 11) is 0. The SMILES string of the molecule is Cc1cc(N)ccc1C(=O)NCCc1nccs1. The average Bonchev–Trinajstić information content (AvgIpc) is 2.81. The maximum Gasteiger partial charge on any atom is 0.251 e. The Labute approximate surface area is 110 Å². The van der Waals surface area contributed by atoms with Crippen molar-refractivity contribution in [2.45, 2.75) is 13.3 Å². The van der Waals surface area contributed by atoms with Gasteiger partial charge in [0.15, 0.2) is 0 Å². The fourth-order valence-corrected chi connectivity index (χ4v) is 2.32. The zero-order valence-corrected chi connectivity index (χ0v) is 11.0. The summed E-state index contributed by atoms with van der Waals surface area (Å²) in [6, 6.07) is 5.29. The Morgan fingerprint density at radius 2 is 2.33 bits per heavy atom. The number of carbonyl (C=O) groups is 1. The third kappa shape index (κ3) is 3.07. The molecule has 0 radical (unpaired) electrons. The first-order chi connectivity index (χ1) is 8.66. The second kappa shape index (κ2) is 5.64. The molecule has 2 aromatic rings. The van der Waals surface area contributed by atoms with E-state index < -0.39 is 0 Å². The number of benzene rings is 1. The standard InChI is InChI=1S/C13H15N3OS/c1-9-8-10(14)2-3-11(9)13(17)16-5-4-12-15-6-7-18-12/h2-3,6-8H,4-5,14H2,1H3,(H,16,17). The fourth-order valence-electron chi connectivity index (χ4n) is 1.70. The molecule has 0 aliphatic heterocycles. The Morgan fingerprint density at radius 3 is 3.00 bits per heavy atom. The van der Waals surface area contributed by atoms with E-state index in [4.69, 9.17) is 5.73 Å². The van der Waals surface area contributed by atoms with Gasteiger partial charge >= 0.3 is 0 Å². The molecule has 2 rings (SSSR count). The van der Waals surface area contributed by atoms with Gasteiger partial charge in [-0.3, -0.25) is 4.79 Å². The number of amides is 1. The number of aromatic nitrogens is 1. The highest BCUT2D eigenvalue weighted by Gasteiger charge is 2.08. The van der Waals surface area contributed by atoms with E-state index in [1.807, 2.05) is 12.3 Å². The van der Waals surface area contributed by atoms with Crippen LogP contribution in [0.15, 0.2) is 29.8 Å². The van der Waals surface area contributed by atoms with Crippen LogP contribution in [0.4, 0.5) is 5.69 Å². The lowest BCUT2D eigenvalue weighted by atomic mass is 10.1. The Kier molecular flexibility index (Phi) is 3.94. The average molecular weight is 261 g/mol. The second-order valence-corrected chi connectivity index (χ2v) is 4.99. The molecular formula is C13H15N3OS. The van der Waals surface area contributed by atoms with Crippen molar-refractivity contribution >= 4 is 22.9 Å². The maximum atomic E-state index is 11.9. The van der Waals surface area contributed by atoms with Crippen LogP contribution in [-0.4, -0.2) is 17.4 Å². The van der Waals surface area contributed by atoms with Crippen LogP contribution in [0, 0.1) is 6.92 Å². The molecule has 0 spiro atoms. The minimum absolute atomic E-state index is 0.0657. The van der Waals surface area contributed by atoms with E-state index in [0.717, 1.165) is 17.0 Å². The minimum atomic E-state index is -0.0657. The lowest BCUT2D eigenvalue weighted by Gasteiger charge is -2.07. The van der Waals surface area contributed by atoms with E-state index in [0.29, 0.717) is 17.8 Å². The number of nitrogens with zero attached hydrogens (tertiary/aromatic N) is 1. The molecule has 5 heteroatoms. The van der Waals surface area contributed by atoms with Crippen LogP contribution in [-0.2, 0) is 6.42 Å². The van der Waals surface area contributed by atoms with Gasteiger partial charge in [-0.15, -0.1) is 11.3 Å². The molecule has 18 heavy (non-hydrogen) atoms. The van der Waals surface area contributed by atoms with Crippen molar-refractivity contribution in [3.63, 3.8) is 0 Å². The van der Waals surface area contributed by atoms with Crippen LogP contribution in [0.1, 0.15) is 20.9 Å².